The average molecular weight is 485 g/mol. The lowest BCUT2D eigenvalue weighted by atomic mass is 9.89. The molecular weight excluding hydrogens is 436 g/mol. The molecule has 0 saturated carbocycles. The van der Waals surface area contributed by atoms with Crippen LogP contribution in [-0.2, 0) is 38.5 Å². The Hall–Kier alpha value is -2.38. The van der Waals surface area contributed by atoms with E-state index in [1.807, 2.05) is 0 Å². The van der Waals surface area contributed by atoms with Crippen LogP contribution in [0.2, 0.25) is 0 Å². The van der Waals surface area contributed by atoms with Crippen LogP contribution in [0.3, 0.4) is 0 Å². The maximum atomic E-state index is 9.02. The second kappa shape index (κ2) is 15.7. The molecule has 0 heterocycles. The minimum atomic E-state index is 0.306. The number of unbranched alkanes of at least 4 members (excludes halogenated alkanes) is 5. The molecule has 0 radical (unpaired) electrons. The van der Waals surface area contributed by atoms with E-state index in [9.17, 15) is 0 Å². The van der Waals surface area contributed by atoms with E-state index in [1.165, 1.54) is 76.6 Å². The van der Waals surface area contributed by atoms with Crippen molar-refractivity contribution in [2.45, 2.75) is 104 Å². The number of benzene rings is 3. The first kappa shape index (κ1) is 28.2. The molecule has 3 aromatic carbocycles. The third kappa shape index (κ3) is 8.63. The molecule has 0 unspecified atom stereocenters. The molecule has 0 saturated heterocycles. The number of rotatable bonds is 16. The maximum absolute atomic E-state index is 9.02. The zero-order chi connectivity index (χ0) is 25.6. The Bertz CT molecular complexity index is 1030. The Kier molecular flexibility index (Phi) is 12.3. The maximum Gasteiger partial charge on any atom is 0.0431 e. The quantitative estimate of drug-likeness (QED) is 0.201. The minimum absolute atomic E-state index is 0.306. The van der Waals surface area contributed by atoms with E-state index in [2.05, 4.69) is 81.4 Å². The van der Waals surface area contributed by atoms with Gasteiger partial charge in [0.15, 0.2) is 0 Å². The molecule has 0 bridgehead atoms. The molecule has 0 aliphatic rings. The van der Waals surface area contributed by atoms with Gasteiger partial charge in [0, 0.05) is 6.61 Å². The summed E-state index contributed by atoms with van der Waals surface area (Å²) in [4.78, 5) is 0. The van der Waals surface area contributed by atoms with Crippen LogP contribution in [0.15, 0.2) is 60.7 Å². The molecule has 3 aromatic rings. The van der Waals surface area contributed by atoms with Crippen LogP contribution in [0.25, 0.3) is 11.1 Å². The van der Waals surface area contributed by atoms with E-state index in [0.29, 0.717) is 6.61 Å². The van der Waals surface area contributed by atoms with Gasteiger partial charge in [-0.05, 0) is 102 Å². The van der Waals surface area contributed by atoms with Crippen molar-refractivity contribution in [3.05, 3.63) is 94.0 Å². The smallest absolute Gasteiger partial charge is 0.0431 e. The van der Waals surface area contributed by atoms with Gasteiger partial charge in [-0.15, -0.1) is 0 Å². The van der Waals surface area contributed by atoms with Crippen LogP contribution in [0.4, 0.5) is 0 Å². The summed E-state index contributed by atoms with van der Waals surface area (Å²) in [6.07, 6.45) is 15.1. The second-order valence-electron chi connectivity index (χ2n) is 10.4. The number of aryl methyl sites for hydroxylation is 6. The van der Waals surface area contributed by atoms with Crippen LogP contribution >= 0.6 is 0 Å². The number of hydrogen-bond donors (Lipinski definition) is 1. The van der Waals surface area contributed by atoms with Crippen molar-refractivity contribution in [1.82, 2.24) is 0 Å². The zero-order valence-corrected chi connectivity index (χ0v) is 23.1. The second-order valence-corrected chi connectivity index (χ2v) is 10.4. The van der Waals surface area contributed by atoms with Gasteiger partial charge in [-0.2, -0.15) is 0 Å². The van der Waals surface area contributed by atoms with Gasteiger partial charge in [-0.25, -0.2) is 0 Å². The Morgan fingerprint density at radius 3 is 1.44 bits per heavy atom. The predicted octanol–water partition coefficient (Wildman–Crippen LogP) is 9.09. The third-order valence-corrected chi connectivity index (χ3v) is 7.56. The minimum Gasteiger partial charge on any atom is -0.396 e. The summed E-state index contributed by atoms with van der Waals surface area (Å²) >= 11 is 0. The monoisotopic (exact) mass is 484 g/mol. The molecule has 0 atom stereocenters. The fourth-order valence-corrected chi connectivity index (χ4v) is 5.25. The Balaban J connectivity index is 1.64. The van der Waals surface area contributed by atoms with E-state index in [0.717, 1.165) is 51.4 Å². The fraction of sp³-hybridized carbons (Fsp3) is 0.486. The molecule has 0 fully saturated rings. The number of aliphatic hydroxyl groups excluding tert-OH is 1. The lowest BCUT2D eigenvalue weighted by molar-refractivity contribution is 0.283. The Morgan fingerprint density at radius 2 is 0.917 bits per heavy atom. The first-order valence-electron chi connectivity index (χ1n) is 14.6. The molecule has 1 N–H and O–H groups in total. The van der Waals surface area contributed by atoms with Gasteiger partial charge in [0.2, 0.25) is 0 Å². The van der Waals surface area contributed by atoms with Crippen LogP contribution in [0, 0.1) is 0 Å². The molecule has 0 aromatic heterocycles. The summed E-state index contributed by atoms with van der Waals surface area (Å²) in [6, 6.07) is 23.6. The molecule has 0 aliphatic carbocycles. The first-order valence-corrected chi connectivity index (χ1v) is 14.6. The van der Waals surface area contributed by atoms with Gasteiger partial charge in [0.1, 0.15) is 0 Å². The lowest BCUT2D eigenvalue weighted by Crippen LogP contribution is -1.98. The van der Waals surface area contributed by atoms with E-state index in [4.69, 9.17) is 5.11 Å². The summed E-state index contributed by atoms with van der Waals surface area (Å²) in [5, 5.41) is 9.02. The summed E-state index contributed by atoms with van der Waals surface area (Å²) in [5.74, 6) is 0. The SMILES string of the molecule is CCCCCCc1ccc(CCc2ccc(-c3ccc(CCCCCO)cc3CC)c(CC)c2)cc1. The molecule has 1 nitrogen and oxygen atoms in total. The molecule has 1 heteroatoms. The molecule has 0 aliphatic heterocycles. The standard InChI is InChI=1S/C35H48O/c1-4-7-8-10-13-28-15-17-29(18-16-28)19-20-31-22-24-35(33(6-3)27-31)34-23-21-30(26-32(34)5-2)14-11-9-12-25-36/h15-18,21-24,26-27,36H,4-14,19-20,25H2,1-3H3. The molecule has 0 amide bonds. The fourth-order valence-electron chi connectivity index (χ4n) is 5.25. The highest BCUT2D eigenvalue weighted by Gasteiger charge is 2.10. The van der Waals surface area contributed by atoms with Crippen LogP contribution in [0.1, 0.15) is 99.1 Å². The van der Waals surface area contributed by atoms with Gasteiger partial charge in [-0.3, -0.25) is 0 Å². The van der Waals surface area contributed by atoms with Crippen molar-refractivity contribution in [3.8, 4) is 11.1 Å². The highest BCUT2D eigenvalue weighted by Crippen LogP contribution is 2.30. The number of hydrogen-bond acceptors (Lipinski definition) is 1. The van der Waals surface area contributed by atoms with Crippen molar-refractivity contribution in [2.24, 2.45) is 0 Å². The normalized spacial score (nSPS) is 11.2. The molecule has 0 spiro atoms. The van der Waals surface area contributed by atoms with Crippen molar-refractivity contribution in [1.29, 1.82) is 0 Å². The van der Waals surface area contributed by atoms with E-state index in [1.54, 1.807) is 0 Å². The van der Waals surface area contributed by atoms with E-state index >= 15 is 0 Å². The Morgan fingerprint density at radius 1 is 0.472 bits per heavy atom. The summed E-state index contributed by atoms with van der Waals surface area (Å²) in [6.45, 7) is 7.13. The topological polar surface area (TPSA) is 20.2 Å². The lowest BCUT2D eigenvalue weighted by Gasteiger charge is -2.16. The molecule has 3 rings (SSSR count). The summed E-state index contributed by atoms with van der Waals surface area (Å²) in [5.41, 5.74) is 11.5. The van der Waals surface area contributed by atoms with Gasteiger partial charge in [0.25, 0.3) is 0 Å². The molecule has 194 valence electrons. The average Bonchev–Trinajstić information content (AvgIpc) is 2.92. The van der Waals surface area contributed by atoms with Gasteiger partial charge in [-0.1, -0.05) is 107 Å². The van der Waals surface area contributed by atoms with Crippen molar-refractivity contribution in [3.63, 3.8) is 0 Å². The van der Waals surface area contributed by atoms with Gasteiger partial charge < -0.3 is 5.11 Å². The van der Waals surface area contributed by atoms with Gasteiger partial charge in [0.05, 0.1) is 0 Å². The summed E-state index contributed by atoms with van der Waals surface area (Å²) in [7, 11) is 0. The van der Waals surface area contributed by atoms with Crippen LogP contribution in [0.5, 0.6) is 0 Å². The van der Waals surface area contributed by atoms with Crippen LogP contribution < -0.4 is 0 Å². The van der Waals surface area contributed by atoms with Crippen LogP contribution in [-0.4, -0.2) is 11.7 Å². The molecule has 36 heavy (non-hydrogen) atoms. The van der Waals surface area contributed by atoms with E-state index in [-0.39, 0.29) is 0 Å². The third-order valence-electron chi connectivity index (χ3n) is 7.56. The first-order chi connectivity index (χ1) is 17.7. The largest absolute Gasteiger partial charge is 0.396 e. The zero-order valence-electron chi connectivity index (χ0n) is 23.1. The van der Waals surface area contributed by atoms with Gasteiger partial charge >= 0.3 is 0 Å². The highest BCUT2D eigenvalue weighted by atomic mass is 16.2. The summed E-state index contributed by atoms with van der Waals surface area (Å²) < 4.78 is 0. The van der Waals surface area contributed by atoms with Crippen molar-refractivity contribution in [2.75, 3.05) is 6.61 Å². The van der Waals surface area contributed by atoms with E-state index < -0.39 is 0 Å². The van der Waals surface area contributed by atoms with Crippen molar-refractivity contribution >= 4 is 0 Å². The predicted molar refractivity (Wildman–Crippen MR) is 157 cm³/mol. The van der Waals surface area contributed by atoms with Crippen molar-refractivity contribution < 1.29 is 5.11 Å². The Labute approximate surface area is 221 Å². The number of aliphatic hydroxyl groups is 1. The highest BCUT2D eigenvalue weighted by molar-refractivity contribution is 5.71. The molecular formula is C35H48O.